The predicted molar refractivity (Wildman–Crippen MR) is 141 cm³/mol. The fourth-order valence-electron chi connectivity index (χ4n) is 3.96. The molecule has 3 rings (SSSR count). The highest BCUT2D eigenvalue weighted by molar-refractivity contribution is 5.91. The molecule has 0 radical (unpaired) electrons. The van der Waals surface area contributed by atoms with Gasteiger partial charge in [-0.2, -0.15) is 0 Å². The van der Waals surface area contributed by atoms with Crippen LogP contribution in [0.5, 0.6) is 5.75 Å². The summed E-state index contributed by atoms with van der Waals surface area (Å²) in [6.07, 6.45) is 1.28. The molecule has 0 saturated heterocycles. The topological polar surface area (TPSA) is 78.0 Å². The van der Waals surface area contributed by atoms with E-state index >= 15 is 0 Å². The van der Waals surface area contributed by atoms with Gasteiger partial charge in [0.1, 0.15) is 11.4 Å². The number of pyridine rings is 1. The highest BCUT2D eigenvalue weighted by atomic mass is 16.6. The number of amides is 1. The molecule has 190 valence electrons. The molecule has 2 aromatic carbocycles. The lowest BCUT2D eigenvalue weighted by Crippen LogP contribution is -2.37. The van der Waals surface area contributed by atoms with Gasteiger partial charge in [0.25, 0.3) is 0 Å². The summed E-state index contributed by atoms with van der Waals surface area (Å²) >= 11 is 0. The lowest BCUT2D eigenvalue weighted by Gasteiger charge is -2.28. The minimum absolute atomic E-state index is 0.210. The lowest BCUT2D eigenvalue weighted by molar-refractivity contribution is 0.0573. The minimum atomic E-state index is -0.668. The van der Waals surface area contributed by atoms with Gasteiger partial charge < -0.3 is 14.2 Å². The Bertz CT molecular complexity index is 1260. The predicted octanol–water partition coefficient (Wildman–Crippen LogP) is 6.41. The Kier molecular flexibility index (Phi) is 8.03. The van der Waals surface area contributed by atoms with Crippen LogP contribution in [0.4, 0.5) is 10.5 Å². The number of esters is 1. The maximum Gasteiger partial charge on any atom is 0.415 e. The van der Waals surface area contributed by atoms with Crippen molar-refractivity contribution in [1.29, 1.82) is 0 Å². The molecular weight excluding hydrogens is 456 g/mol. The third-order valence-corrected chi connectivity index (χ3v) is 5.68. The van der Waals surface area contributed by atoms with Crippen molar-refractivity contribution >= 4 is 17.7 Å². The number of benzene rings is 2. The van der Waals surface area contributed by atoms with Gasteiger partial charge >= 0.3 is 12.1 Å². The molecule has 0 fully saturated rings. The van der Waals surface area contributed by atoms with Crippen molar-refractivity contribution in [3.8, 4) is 16.9 Å². The summed E-state index contributed by atoms with van der Waals surface area (Å²) in [5, 5.41) is 0. The van der Waals surface area contributed by atoms with Gasteiger partial charge in [-0.1, -0.05) is 18.2 Å². The number of carbonyl (C=O) groups is 2. The van der Waals surface area contributed by atoms with E-state index in [0.717, 1.165) is 33.6 Å². The van der Waals surface area contributed by atoms with Gasteiger partial charge in [0.15, 0.2) is 0 Å². The number of nitrogens with zero attached hydrogens (tertiary/aromatic N) is 2. The standard InChI is InChI=1S/C29H34N2O5/c1-18-13-23(21-9-11-22(12-10-21)27(32)35-8)15-24(14-18)31(28(33)36-29(4,5)6)17-25-20(3)26(34-7)19(2)16-30-25/h9-16H,17H2,1-8H3. The summed E-state index contributed by atoms with van der Waals surface area (Å²) in [7, 11) is 2.98. The highest BCUT2D eigenvalue weighted by Crippen LogP contribution is 2.31. The first-order valence-electron chi connectivity index (χ1n) is 11.7. The van der Waals surface area contributed by atoms with Crippen LogP contribution in [-0.2, 0) is 16.0 Å². The Morgan fingerprint density at radius 2 is 1.61 bits per heavy atom. The Labute approximate surface area is 213 Å². The smallest absolute Gasteiger partial charge is 0.415 e. The Balaban J connectivity index is 2.07. The van der Waals surface area contributed by atoms with Crippen molar-refractivity contribution in [1.82, 2.24) is 4.98 Å². The molecule has 7 nitrogen and oxygen atoms in total. The van der Waals surface area contributed by atoms with Crippen LogP contribution >= 0.6 is 0 Å². The van der Waals surface area contributed by atoms with Gasteiger partial charge in [-0.15, -0.1) is 0 Å². The van der Waals surface area contributed by atoms with E-state index in [2.05, 4.69) is 4.98 Å². The van der Waals surface area contributed by atoms with Crippen LogP contribution < -0.4 is 9.64 Å². The Morgan fingerprint density at radius 1 is 0.944 bits per heavy atom. The van der Waals surface area contributed by atoms with E-state index in [0.29, 0.717) is 16.9 Å². The number of carbonyl (C=O) groups excluding carboxylic acids is 2. The van der Waals surface area contributed by atoms with Gasteiger partial charge in [-0.05, 0) is 82.5 Å². The van der Waals surface area contributed by atoms with Gasteiger partial charge in [-0.25, -0.2) is 9.59 Å². The maximum absolute atomic E-state index is 13.4. The fourth-order valence-corrected chi connectivity index (χ4v) is 3.96. The van der Waals surface area contributed by atoms with Crippen LogP contribution in [0.25, 0.3) is 11.1 Å². The maximum atomic E-state index is 13.4. The molecule has 7 heteroatoms. The molecule has 0 aliphatic heterocycles. The van der Waals surface area contributed by atoms with E-state index in [9.17, 15) is 9.59 Å². The average molecular weight is 491 g/mol. The molecule has 0 unspecified atom stereocenters. The molecule has 1 amide bonds. The summed E-state index contributed by atoms with van der Waals surface area (Å²) in [6, 6.07) is 13.1. The van der Waals surface area contributed by atoms with Crippen LogP contribution in [0.1, 0.15) is 53.5 Å². The van der Waals surface area contributed by atoms with Crippen molar-refractivity contribution in [3.05, 3.63) is 76.6 Å². The number of methoxy groups -OCH3 is 2. The van der Waals surface area contributed by atoms with Crippen molar-refractivity contribution in [3.63, 3.8) is 0 Å². The lowest BCUT2D eigenvalue weighted by atomic mass is 10.0. The number of ether oxygens (including phenoxy) is 3. The first-order valence-corrected chi connectivity index (χ1v) is 11.7. The van der Waals surface area contributed by atoms with Gasteiger partial charge in [0.05, 0.1) is 32.0 Å². The summed E-state index contributed by atoms with van der Waals surface area (Å²) < 4.78 is 16.1. The van der Waals surface area contributed by atoms with E-state index in [1.807, 2.05) is 71.9 Å². The molecule has 36 heavy (non-hydrogen) atoms. The van der Waals surface area contributed by atoms with Crippen molar-refractivity contribution in [2.75, 3.05) is 19.1 Å². The van der Waals surface area contributed by atoms with Crippen LogP contribution in [0.2, 0.25) is 0 Å². The largest absolute Gasteiger partial charge is 0.496 e. The number of aryl methyl sites for hydroxylation is 2. The normalized spacial score (nSPS) is 11.1. The number of hydrogen-bond donors (Lipinski definition) is 0. The molecule has 0 saturated carbocycles. The average Bonchev–Trinajstić information content (AvgIpc) is 2.82. The number of rotatable bonds is 6. The Morgan fingerprint density at radius 3 is 2.19 bits per heavy atom. The third kappa shape index (κ3) is 6.22. The van der Waals surface area contributed by atoms with Gasteiger partial charge in [0, 0.05) is 23.0 Å². The molecule has 0 N–H and O–H groups in total. The zero-order valence-electron chi connectivity index (χ0n) is 22.3. The summed E-state index contributed by atoms with van der Waals surface area (Å²) in [5.74, 6) is 0.360. The molecule has 0 aliphatic carbocycles. The van der Waals surface area contributed by atoms with Crippen molar-refractivity contribution in [2.45, 2.75) is 53.7 Å². The molecule has 1 heterocycles. The van der Waals surface area contributed by atoms with Crippen molar-refractivity contribution in [2.24, 2.45) is 0 Å². The fraction of sp³-hybridized carbons (Fsp3) is 0.345. The summed E-state index contributed by atoms with van der Waals surface area (Å²) in [4.78, 5) is 31.4. The second kappa shape index (κ2) is 10.8. The second-order valence-electron chi connectivity index (χ2n) is 9.74. The SMILES string of the molecule is COC(=O)c1ccc(-c2cc(C)cc(N(Cc3ncc(C)c(OC)c3C)C(=O)OC(C)(C)C)c2)cc1. The number of anilines is 1. The quantitative estimate of drug-likeness (QED) is 0.372. The minimum Gasteiger partial charge on any atom is -0.496 e. The zero-order chi connectivity index (χ0) is 26.6. The third-order valence-electron chi connectivity index (χ3n) is 5.68. The molecule has 0 spiro atoms. The van der Waals surface area contributed by atoms with E-state index in [1.54, 1.807) is 30.3 Å². The summed E-state index contributed by atoms with van der Waals surface area (Å²) in [5.41, 5.74) is 5.78. The summed E-state index contributed by atoms with van der Waals surface area (Å²) in [6.45, 7) is 11.6. The first-order chi connectivity index (χ1) is 16.9. The Hall–Kier alpha value is -3.87. The second-order valence-corrected chi connectivity index (χ2v) is 9.74. The highest BCUT2D eigenvalue weighted by Gasteiger charge is 2.26. The van der Waals surface area contributed by atoms with Crippen LogP contribution in [0.15, 0.2) is 48.7 Å². The zero-order valence-corrected chi connectivity index (χ0v) is 22.3. The van der Waals surface area contributed by atoms with Crippen LogP contribution in [0, 0.1) is 20.8 Å². The molecule has 3 aromatic rings. The van der Waals surface area contributed by atoms with E-state index in [-0.39, 0.29) is 12.5 Å². The van der Waals surface area contributed by atoms with E-state index < -0.39 is 11.7 Å². The molecule has 1 aromatic heterocycles. The van der Waals surface area contributed by atoms with Crippen LogP contribution in [-0.4, -0.2) is 36.9 Å². The van der Waals surface area contributed by atoms with Crippen LogP contribution in [0.3, 0.4) is 0 Å². The van der Waals surface area contributed by atoms with Gasteiger partial charge in [-0.3, -0.25) is 9.88 Å². The molecule has 0 atom stereocenters. The number of aromatic nitrogens is 1. The van der Waals surface area contributed by atoms with E-state index in [4.69, 9.17) is 14.2 Å². The monoisotopic (exact) mass is 490 g/mol. The first kappa shape index (κ1) is 26.7. The van der Waals surface area contributed by atoms with Crippen molar-refractivity contribution < 1.29 is 23.8 Å². The molecule has 0 bridgehead atoms. The molecular formula is C29H34N2O5. The molecule has 0 aliphatic rings. The van der Waals surface area contributed by atoms with Gasteiger partial charge in [0.2, 0.25) is 0 Å². The van der Waals surface area contributed by atoms with E-state index in [1.165, 1.54) is 7.11 Å². The number of hydrogen-bond acceptors (Lipinski definition) is 6.